The van der Waals surface area contributed by atoms with Crippen LogP contribution in [-0.4, -0.2) is 25.3 Å². The Morgan fingerprint density at radius 2 is 1.95 bits per heavy atom. The lowest BCUT2D eigenvalue weighted by molar-refractivity contribution is 0.342. The van der Waals surface area contributed by atoms with Crippen molar-refractivity contribution in [3.8, 4) is 0 Å². The minimum absolute atomic E-state index is 0.00550. The van der Waals surface area contributed by atoms with Gasteiger partial charge in [-0.1, -0.05) is 26.0 Å². The highest BCUT2D eigenvalue weighted by atomic mass is 35.5. The van der Waals surface area contributed by atoms with Gasteiger partial charge in [0.1, 0.15) is 0 Å². The van der Waals surface area contributed by atoms with Crippen molar-refractivity contribution in [1.82, 2.24) is 4.31 Å². The topological polar surface area (TPSA) is 37.4 Å². The molecule has 0 fully saturated rings. The Balaban J connectivity index is 3.34. The highest BCUT2D eigenvalue weighted by molar-refractivity contribution is 7.89. The Hall–Kier alpha value is -0.580. The molecule has 0 aliphatic rings. The predicted molar refractivity (Wildman–Crippen MR) is 80.1 cm³/mol. The molecule has 5 heteroatoms. The minimum atomic E-state index is -3.45. The molecule has 1 aromatic carbocycles. The maximum Gasteiger partial charge on any atom is 0.243 e. The molecule has 1 aromatic rings. The van der Waals surface area contributed by atoms with Gasteiger partial charge in [0.25, 0.3) is 0 Å². The van der Waals surface area contributed by atoms with Crippen LogP contribution in [0, 0.1) is 6.92 Å². The van der Waals surface area contributed by atoms with Crippen LogP contribution in [-0.2, 0) is 15.9 Å². The molecular weight excluding hydrogens is 282 g/mol. The van der Waals surface area contributed by atoms with Crippen molar-refractivity contribution in [1.29, 1.82) is 0 Å². The summed E-state index contributed by atoms with van der Waals surface area (Å²) in [5, 5.41) is 0. The first-order valence-electron chi connectivity index (χ1n) is 6.56. The summed E-state index contributed by atoms with van der Waals surface area (Å²) in [6, 6.07) is 5.27. The lowest BCUT2D eigenvalue weighted by Crippen LogP contribution is -2.38. The molecule has 0 aliphatic carbocycles. The standard InChI is InChI=1S/C14H22ClNO2S/c1-5-11(3)16(6-2)19(17,18)14-9-7-8-13(10-15)12(14)4/h7-9,11H,5-6,10H2,1-4H3. The molecule has 0 amide bonds. The zero-order chi connectivity index (χ0) is 14.6. The quantitative estimate of drug-likeness (QED) is 0.754. The Kier molecular flexibility index (Phi) is 5.83. The number of nitrogens with zero attached hydrogens (tertiary/aromatic N) is 1. The van der Waals surface area contributed by atoms with Crippen LogP contribution in [0.25, 0.3) is 0 Å². The minimum Gasteiger partial charge on any atom is -0.207 e. The van der Waals surface area contributed by atoms with Crippen molar-refractivity contribution in [2.45, 2.75) is 50.9 Å². The number of sulfonamides is 1. The lowest BCUT2D eigenvalue weighted by Gasteiger charge is -2.27. The Bertz CT molecular complexity index is 528. The van der Waals surface area contributed by atoms with Gasteiger partial charge in [-0.15, -0.1) is 11.6 Å². The molecule has 1 unspecified atom stereocenters. The summed E-state index contributed by atoms with van der Waals surface area (Å²) < 4.78 is 27.0. The van der Waals surface area contributed by atoms with Crippen molar-refractivity contribution >= 4 is 21.6 Å². The van der Waals surface area contributed by atoms with Crippen LogP contribution < -0.4 is 0 Å². The summed E-state index contributed by atoms with van der Waals surface area (Å²) in [5.74, 6) is 0.324. The molecule has 3 nitrogen and oxygen atoms in total. The van der Waals surface area contributed by atoms with Gasteiger partial charge in [-0.3, -0.25) is 0 Å². The van der Waals surface area contributed by atoms with Crippen LogP contribution in [0.5, 0.6) is 0 Å². The van der Waals surface area contributed by atoms with E-state index < -0.39 is 10.0 Å². The van der Waals surface area contributed by atoms with Crippen LogP contribution in [0.1, 0.15) is 38.3 Å². The average Bonchev–Trinajstić information content (AvgIpc) is 2.38. The van der Waals surface area contributed by atoms with E-state index in [0.29, 0.717) is 17.3 Å². The summed E-state index contributed by atoms with van der Waals surface area (Å²) in [6.07, 6.45) is 0.793. The first-order valence-corrected chi connectivity index (χ1v) is 8.53. The van der Waals surface area contributed by atoms with Crippen LogP contribution >= 0.6 is 11.6 Å². The molecule has 0 N–H and O–H groups in total. The average molecular weight is 304 g/mol. The number of alkyl halides is 1. The van der Waals surface area contributed by atoms with Crippen molar-refractivity contribution in [3.05, 3.63) is 29.3 Å². The lowest BCUT2D eigenvalue weighted by atomic mass is 10.1. The van der Waals surface area contributed by atoms with E-state index in [1.165, 1.54) is 0 Å². The summed E-state index contributed by atoms with van der Waals surface area (Å²) in [6.45, 7) is 8.08. The van der Waals surface area contributed by atoms with E-state index in [2.05, 4.69) is 0 Å². The van der Waals surface area contributed by atoms with Crippen LogP contribution in [0.3, 0.4) is 0 Å². The van der Waals surface area contributed by atoms with Gasteiger partial charge >= 0.3 is 0 Å². The highest BCUT2D eigenvalue weighted by Crippen LogP contribution is 2.25. The van der Waals surface area contributed by atoms with Gasteiger partial charge in [0.15, 0.2) is 0 Å². The van der Waals surface area contributed by atoms with Gasteiger partial charge < -0.3 is 0 Å². The number of rotatable bonds is 6. The van der Waals surface area contributed by atoms with Crippen molar-refractivity contribution in [3.63, 3.8) is 0 Å². The van der Waals surface area contributed by atoms with Crippen molar-refractivity contribution in [2.75, 3.05) is 6.54 Å². The molecule has 0 aliphatic heterocycles. The first kappa shape index (κ1) is 16.5. The molecule has 0 saturated carbocycles. The molecule has 0 heterocycles. The summed E-state index contributed by atoms with van der Waals surface area (Å²) in [7, 11) is -3.45. The van der Waals surface area contributed by atoms with E-state index >= 15 is 0 Å². The molecule has 0 aromatic heterocycles. The molecule has 0 bridgehead atoms. The Morgan fingerprint density at radius 3 is 2.42 bits per heavy atom. The van der Waals surface area contributed by atoms with E-state index in [1.807, 2.05) is 33.8 Å². The van der Waals surface area contributed by atoms with E-state index in [-0.39, 0.29) is 6.04 Å². The van der Waals surface area contributed by atoms with Gasteiger partial charge in [0.2, 0.25) is 10.0 Å². The van der Waals surface area contributed by atoms with E-state index in [1.54, 1.807) is 16.4 Å². The van der Waals surface area contributed by atoms with Crippen molar-refractivity contribution in [2.24, 2.45) is 0 Å². The maximum absolute atomic E-state index is 12.7. The number of hydrogen-bond donors (Lipinski definition) is 0. The molecule has 19 heavy (non-hydrogen) atoms. The highest BCUT2D eigenvalue weighted by Gasteiger charge is 2.28. The number of benzene rings is 1. The van der Waals surface area contributed by atoms with E-state index in [9.17, 15) is 8.42 Å². The third kappa shape index (κ3) is 3.30. The Morgan fingerprint density at radius 1 is 1.32 bits per heavy atom. The first-order chi connectivity index (χ1) is 8.89. The fourth-order valence-electron chi connectivity index (χ4n) is 2.13. The molecule has 1 atom stereocenters. The summed E-state index contributed by atoms with van der Waals surface area (Å²) >= 11 is 5.85. The number of hydrogen-bond acceptors (Lipinski definition) is 2. The third-order valence-corrected chi connectivity index (χ3v) is 6.04. The van der Waals surface area contributed by atoms with E-state index in [4.69, 9.17) is 11.6 Å². The fraction of sp³-hybridized carbons (Fsp3) is 0.571. The fourth-order valence-corrected chi connectivity index (χ4v) is 4.41. The largest absolute Gasteiger partial charge is 0.243 e. The molecule has 0 spiro atoms. The molecule has 108 valence electrons. The van der Waals surface area contributed by atoms with Gasteiger partial charge in [-0.2, -0.15) is 4.31 Å². The number of halogens is 1. The normalized spacial score (nSPS) is 13.8. The zero-order valence-electron chi connectivity index (χ0n) is 12.0. The van der Waals surface area contributed by atoms with Crippen LogP contribution in [0.4, 0.5) is 0 Å². The van der Waals surface area contributed by atoms with E-state index in [0.717, 1.165) is 17.5 Å². The van der Waals surface area contributed by atoms with Crippen LogP contribution in [0.2, 0.25) is 0 Å². The van der Waals surface area contributed by atoms with Crippen LogP contribution in [0.15, 0.2) is 23.1 Å². The third-order valence-electron chi connectivity index (χ3n) is 3.52. The van der Waals surface area contributed by atoms with Crippen molar-refractivity contribution < 1.29 is 8.42 Å². The smallest absolute Gasteiger partial charge is 0.207 e. The summed E-state index contributed by atoms with van der Waals surface area (Å²) in [4.78, 5) is 0.368. The molecular formula is C14H22ClNO2S. The summed E-state index contributed by atoms with van der Waals surface area (Å²) in [5.41, 5.74) is 1.61. The molecule has 1 rings (SSSR count). The monoisotopic (exact) mass is 303 g/mol. The Labute approximate surface area is 121 Å². The molecule has 0 radical (unpaired) electrons. The second-order valence-corrected chi connectivity index (χ2v) is 6.77. The second-order valence-electron chi connectivity index (χ2n) is 4.64. The SMILES string of the molecule is CCC(C)N(CC)S(=O)(=O)c1cccc(CCl)c1C. The second kappa shape index (κ2) is 6.73. The van der Waals surface area contributed by atoms with Gasteiger partial charge in [0.05, 0.1) is 4.90 Å². The predicted octanol–water partition coefficient (Wildman–Crippen LogP) is 3.54. The maximum atomic E-state index is 12.7. The van der Waals surface area contributed by atoms with Gasteiger partial charge in [0, 0.05) is 18.5 Å². The zero-order valence-corrected chi connectivity index (χ0v) is 13.6. The van der Waals surface area contributed by atoms with Gasteiger partial charge in [-0.25, -0.2) is 8.42 Å². The molecule has 0 saturated heterocycles. The van der Waals surface area contributed by atoms with Gasteiger partial charge in [-0.05, 0) is 37.5 Å².